The van der Waals surface area contributed by atoms with Gasteiger partial charge in [-0.15, -0.1) is 0 Å². The van der Waals surface area contributed by atoms with Crippen LogP contribution >= 0.6 is 23.2 Å². The first kappa shape index (κ1) is 25.9. The van der Waals surface area contributed by atoms with Crippen molar-refractivity contribution in [2.24, 2.45) is 0 Å². The molecule has 37 heavy (non-hydrogen) atoms. The summed E-state index contributed by atoms with van der Waals surface area (Å²) in [5.74, 6) is 0.670. The molecule has 8 nitrogen and oxygen atoms in total. The molecule has 1 unspecified atom stereocenters. The van der Waals surface area contributed by atoms with Crippen molar-refractivity contribution in [3.63, 3.8) is 0 Å². The zero-order valence-electron chi connectivity index (χ0n) is 20.8. The number of halogens is 2. The molecule has 3 aromatic rings. The lowest BCUT2D eigenvalue weighted by molar-refractivity contribution is 0.102. The molecule has 2 fully saturated rings. The lowest BCUT2D eigenvalue weighted by Crippen LogP contribution is -2.50. The Hall–Kier alpha value is -2.78. The second-order valence-electron chi connectivity index (χ2n) is 9.76. The van der Waals surface area contributed by atoms with Gasteiger partial charge in [0.05, 0.1) is 10.0 Å². The normalized spacial score (nSPS) is 18.6. The van der Waals surface area contributed by atoms with Gasteiger partial charge in [-0.25, -0.2) is 9.97 Å². The van der Waals surface area contributed by atoms with Crippen molar-refractivity contribution in [2.45, 2.75) is 44.2 Å². The Balaban J connectivity index is 1.36. The summed E-state index contributed by atoms with van der Waals surface area (Å²) >= 11 is 12.1. The molecule has 1 saturated heterocycles. The van der Waals surface area contributed by atoms with E-state index in [2.05, 4.69) is 43.9 Å². The molecule has 1 aliphatic carbocycles. The summed E-state index contributed by atoms with van der Waals surface area (Å²) < 4.78 is 0. The Labute approximate surface area is 227 Å². The summed E-state index contributed by atoms with van der Waals surface area (Å²) in [6, 6.07) is 9.74. The van der Waals surface area contributed by atoms with Gasteiger partial charge in [0.2, 0.25) is 0 Å². The highest BCUT2D eigenvalue weighted by Crippen LogP contribution is 2.28. The van der Waals surface area contributed by atoms with Crippen LogP contribution in [0.2, 0.25) is 10.0 Å². The number of rotatable bonds is 7. The van der Waals surface area contributed by atoms with Gasteiger partial charge in [-0.3, -0.25) is 9.78 Å². The van der Waals surface area contributed by atoms with Crippen LogP contribution in [0.1, 0.15) is 41.6 Å². The molecule has 3 heterocycles. The predicted molar refractivity (Wildman–Crippen MR) is 149 cm³/mol. The van der Waals surface area contributed by atoms with Gasteiger partial charge in [-0.1, -0.05) is 42.1 Å². The molecular formula is C27H31Cl2N7O. The molecule has 0 bridgehead atoms. The molecular weight excluding hydrogens is 509 g/mol. The number of likely N-dealkylation sites (N-methyl/N-ethyl adjacent to an activating group) is 1. The van der Waals surface area contributed by atoms with Crippen LogP contribution < -0.4 is 16.0 Å². The van der Waals surface area contributed by atoms with Crippen LogP contribution in [-0.2, 0) is 6.42 Å². The number of aromatic nitrogens is 3. The maximum atomic E-state index is 13.2. The van der Waals surface area contributed by atoms with Crippen LogP contribution in [0, 0.1) is 0 Å². The molecule has 0 radical (unpaired) electrons. The molecule has 1 atom stereocenters. The van der Waals surface area contributed by atoms with Crippen molar-refractivity contribution in [1.29, 1.82) is 0 Å². The topological polar surface area (TPSA) is 95.1 Å². The summed E-state index contributed by atoms with van der Waals surface area (Å²) in [5, 5.41) is 10.6. The SMILES string of the molecule is CN1CCNCC1Cc1ccc(-c2ncc(C(=O)Nc3ccc(Cl)c(Cl)c3)c(NC3CCCC3)n2)nc1. The molecule has 0 spiro atoms. The van der Waals surface area contributed by atoms with E-state index in [9.17, 15) is 4.79 Å². The number of pyridine rings is 1. The quantitative estimate of drug-likeness (QED) is 0.393. The van der Waals surface area contributed by atoms with Crippen molar-refractivity contribution < 1.29 is 4.79 Å². The van der Waals surface area contributed by atoms with Gasteiger partial charge in [0.15, 0.2) is 5.82 Å². The number of hydrogen-bond acceptors (Lipinski definition) is 7. The smallest absolute Gasteiger partial charge is 0.260 e. The van der Waals surface area contributed by atoms with Crippen molar-refractivity contribution >= 4 is 40.6 Å². The number of carbonyl (C=O) groups is 1. The highest BCUT2D eigenvalue weighted by Gasteiger charge is 2.22. The Bertz CT molecular complexity index is 1250. The number of amides is 1. The average Bonchev–Trinajstić information content (AvgIpc) is 3.41. The van der Waals surface area contributed by atoms with Gasteiger partial charge in [0.25, 0.3) is 5.91 Å². The lowest BCUT2D eigenvalue weighted by Gasteiger charge is -2.33. The van der Waals surface area contributed by atoms with E-state index in [1.807, 2.05) is 12.3 Å². The minimum absolute atomic E-state index is 0.274. The van der Waals surface area contributed by atoms with Crippen LogP contribution in [-0.4, -0.2) is 64.5 Å². The Morgan fingerprint density at radius 1 is 1.11 bits per heavy atom. The summed E-state index contributed by atoms with van der Waals surface area (Å²) in [6.45, 7) is 3.05. The fourth-order valence-corrected chi connectivity index (χ4v) is 5.16. The molecule has 3 N–H and O–H groups in total. The highest BCUT2D eigenvalue weighted by atomic mass is 35.5. The van der Waals surface area contributed by atoms with Crippen LogP contribution in [0.15, 0.2) is 42.7 Å². The van der Waals surface area contributed by atoms with E-state index in [4.69, 9.17) is 28.2 Å². The number of carbonyl (C=O) groups excluding carboxylic acids is 1. The van der Waals surface area contributed by atoms with E-state index in [1.165, 1.54) is 5.56 Å². The van der Waals surface area contributed by atoms with Crippen molar-refractivity contribution in [3.8, 4) is 11.5 Å². The second-order valence-corrected chi connectivity index (χ2v) is 10.6. The van der Waals surface area contributed by atoms with E-state index < -0.39 is 0 Å². The third-order valence-electron chi connectivity index (χ3n) is 7.08. The Kier molecular flexibility index (Phi) is 8.20. The third kappa shape index (κ3) is 6.38. The summed E-state index contributed by atoms with van der Waals surface area (Å²) in [4.78, 5) is 29.5. The van der Waals surface area contributed by atoms with Gasteiger partial charge in [0.1, 0.15) is 17.1 Å². The standard InChI is InChI=1S/C27H31Cl2N7O/c1-36-11-10-30-15-20(36)12-17-6-9-24(31-14-17)26-32-16-21(25(35-26)33-18-4-2-3-5-18)27(37)34-19-7-8-22(28)23(29)13-19/h6-9,13-14,16,18,20,30H,2-5,10-12,15H2,1H3,(H,34,37)(H,32,33,35). The van der Waals surface area contributed by atoms with E-state index >= 15 is 0 Å². The lowest BCUT2D eigenvalue weighted by atomic mass is 10.0. The van der Waals surface area contributed by atoms with E-state index in [0.29, 0.717) is 44.7 Å². The number of nitrogens with one attached hydrogen (secondary N) is 3. The number of piperazine rings is 1. The molecule has 2 aliphatic rings. The van der Waals surface area contributed by atoms with Crippen LogP contribution in [0.5, 0.6) is 0 Å². The van der Waals surface area contributed by atoms with Gasteiger partial charge < -0.3 is 20.9 Å². The summed E-state index contributed by atoms with van der Waals surface area (Å²) in [5.41, 5.74) is 2.76. The molecule has 2 aromatic heterocycles. The van der Waals surface area contributed by atoms with Crippen molar-refractivity contribution in [3.05, 3.63) is 63.9 Å². The van der Waals surface area contributed by atoms with Crippen LogP contribution in [0.4, 0.5) is 11.5 Å². The first-order valence-corrected chi connectivity index (χ1v) is 13.5. The van der Waals surface area contributed by atoms with Gasteiger partial charge >= 0.3 is 0 Å². The van der Waals surface area contributed by atoms with Gasteiger partial charge in [-0.05, 0) is 56.1 Å². The minimum Gasteiger partial charge on any atom is -0.367 e. The molecule has 10 heteroatoms. The zero-order chi connectivity index (χ0) is 25.8. The molecule has 1 aromatic carbocycles. The van der Waals surface area contributed by atoms with Crippen molar-refractivity contribution in [2.75, 3.05) is 37.3 Å². The number of nitrogens with zero attached hydrogens (tertiary/aromatic N) is 4. The highest BCUT2D eigenvalue weighted by molar-refractivity contribution is 6.42. The molecule has 194 valence electrons. The Morgan fingerprint density at radius 2 is 1.95 bits per heavy atom. The van der Waals surface area contributed by atoms with E-state index in [-0.39, 0.29) is 11.9 Å². The number of hydrogen-bond donors (Lipinski definition) is 3. The van der Waals surface area contributed by atoms with E-state index in [1.54, 1.807) is 24.4 Å². The van der Waals surface area contributed by atoms with E-state index in [0.717, 1.165) is 51.7 Å². The maximum absolute atomic E-state index is 13.2. The van der Waals surface area contributed by atoms with Crippen LogP contribution in [0.3, 0.4) is 0 Å². The monoisotopic (exact) mass is 539 g/mol. The number of benzene rings is 1. The fourth-order valence-electron chi connectivity index (χ4n) is 4.86. The second kappa shape index (κ2) is 11.7. The summed E-state index contributed by atoms with van der Waals surface area (Å²) in [7, 11) is 2.17. The third-order valence-corrected chi connectivity index (χ3v) is 7.82. The fraction of sp³-hybridized carbons (Fsp3) is 0.407. The molecule has 1 saturated carbocycles. The summed E-state index contributed by atoms with van der Waals surface area (Å²) in [6.07, 6.45) is 8.81. The molecule has 1 amide bonds. The van der Waals surface area contributed by atoms with Crippen LogP contribution in [0.25, 0.3) is 11.5 Å². The minimum atomic E-state index is -0.320. The largest absolute Gasteiger partial charge is 0.367 e. The van der Waals surface area contributed by atoms with Gasteiger partial charge in [0, 0.05) is 49.8 Å². The first-order chi connectivity index (χ1) is 18.0. The zero-order valence-corrected chi connectivity index (χ0v) is 22.3. The predicted octanol–water partition coefficient (Wildman–Crippen LogP) is 4.90. The molecule has 5 rings (SSSR count). The number of anilines is 2. The van der Waals surface area contributed by atoms with Gasteiger partial charge in [-0.2, -0.15) is 0 Å². The Morgan fingerprint density at radius 3 is 2.68 bits per heavy atom. The van der Waals surface area contributed by atoms with Crippen molar-refractivity contribution in [1.82, 2.24) is 25.2 Å². The first-order valence-electron chi connectivity index (χ1n) is 12.7. The average molecular weight is 540 g/mol. The maximum Gasteiger partial charge on any atom is 0.260 e. The molecule has 1 aliphatic heterocycles.